The molecule has 4 rings (SSSR count). The standard InChI is InChI=1S/C28H25ClN4O9/c1-14-24(27(37)40-3)25(32-28(38)31-14)16-5-8-21(22(11-16)39-2)41-13-23(34)33-30-12-17-6-9-20(42-17)15-4-7-19(29)18(10-15)26(35)36/h4-12,25H,13H2,1-3H3,(H,33,34)(H,35,36)(H2,31,32,38)/b30-12-/t25-/m0/s1. The van der Waals surface area contributed by atoms with E-state index in [0.717, 1.165) is 0 Å². The fourth-order valence-corrected chi connectivity index (χ4v) is 4.27. The molecule has 1 aliphatic rings. The van der Waals surface area contributed by atoms with Crippen molar-refractivity contribution in [2.24, 2.45) is 5.10 Å². The third-order valence-corrected chi connectivity index (χ3v) is 6.37. The van der Waals surface area contributed by atoms with Gasteiger partial charge in [-0.2, -0.15) is 5.10 Å². The average Bonchev–Trinajstić information content (AvgIpc) is 3.44. The Bertz CT molecular complexity index is 1610. The summed E-state index contributed by atoms with van der Waals surface area (Å²) in [6.45, 7) is 1.19. The molecule has 1 atom stereocenters. The van der Waals surface area contributed by atoms with Crippen molar-refractivity contribution in [3.05, 3.63) is 81.7 Å². The summed E-state index contributed by atoms with van der Waals surface area (Å²) in [5.74, 6) is -1.17. The van der Waals surface area contributed by atoms with Gasteiger partial charge in [0, 0.05) is 11.3 Å². The molecule has 1 aromatic heterocycles. The van der Waals surface area contributed by atoms with Crippen LogP contribution < -0.4 is 25.5 Å². The number of esters is 1. The van der Waals surface area contributed by atoms with Crippen LogP contribution >= 0.6 is 11.6 Å². The zero-order chi connectivity index (χ0) is 30.4. The number of hydrogen-bond acceptors (Lipinski definition) is 9. The van der Waals surface area contributed by atoms with Gasteiger partial charge in [-0.15, -0.1) is 0 Å². The first-order valence-corrected chi connectivity index (χ1v) is 12.6. The van der Waals surface area contributed by atoms with E-state index >= 15 is 0 Å². The molecule has 0 saturated heterocycles. The second-order valence-corrected chi connectivity index (χ2v) is 9.16. The maximum atomic E-state index is 12.3. The second-order valence-electron chi connectivity index (χ2n) is 8.76. The quantitative estimate of drug-likeness (QED) is 0.154. The zero-order valence-electron chi connectivity index (χ0n) is 22.5. The van der Waals surface area contributed by atoms with E-state index in [0.29, 0.717) is 28.3 Å². The van der Waals surface area contributed by atoms with Gasteiger partial charge in [0.15, 0.2) is 18.1 Å². The maximum absolute atomic E-state index is 12.3. The first-order valence-electron chi connectivity index (χ1n) is 12.2. The number of halogens is 1. The van der Waals surface area contributed by atoms with Crippen LogP contribution in [0.2, 0.25) is 5.02 Å². The van der Waals surface area contributed by atoms with Gasteiger partial charge in [-0.3, -0.25) is 4.79 Å². The summed E-state index contributed by atoms with van der Waals surface area (Å²) in [4.78, 5) is 48.0. The normalized spacial score (nSPS) is 14.7. The number of nitrogens with one attached hydrogen (secondary N) is 3. The molecule has 14 heteroatoms. The van der Waals surface area contributed by atoms with Gasteiger partial charge in [-0.05, 0) is 55.0 Å². The monoisotopic (exact) mass is 596 g/mol. The van der Waals surface area contributed by atoms with Crippen LogP contribution in [0.5, 0.6) is 11.5 Å². The number of ether oxygens (including phenoxy) is 3. The molecule has 0 aliphatic carbocycles. The fourth-order valence-electron chi connectivity index (χ4n) is 4.07. The maximum Gasteiger partial charge on any atom is 0.337 e. The lowest BCUT2D eigenvalue weighted by molar-refractivity contribution is -0.136. The number of aromatic carboxylic acids is 1. The molecule has 42 heavy (non-hydrogen) atoms. The molecule has 0 bridgehead atoms. The van der Waals surface area contributed by atoms with Crippen molar-refractivity contribution in [1.82, 2.24) is 16.1 Å². The molecule has 13 nitrogen and oxygen atoms in total. The highest BCUT2D eigenvalue weighted by Gasteiger charge is 2.32. The number of methoxy groups -OCH3 is 2. The average molecular weight is 597 g/mol. The van der Waals surface area contributed by atoms with Gasteiger partial charge >= 0.3 is 18.0 Å². The first-order chi connectivity index (χ1) is 20.1. The number of rotatable bonds is 10. The van der Waals surface area contributed by atoms with Crippen LogP contribution in [0.4, 0.5) is 4.79 Å². The number of allylic oxidation sites excluding steroid dienone is 1. The summed E-state index contributed by atoms with van der Waals surface area (Å²) in [7, 11) is 2.65. The first kappa shape index (κ1) is 29.7. The van der Waals surface area contributed by atoms with Gasteiger partial charge in [0.2, 0.25) is 0 Å². The van der Waals surface area contributed by atoms with Crippen molar-refractivity contribution < 1.29 is 42.9 Å². The van der Waals surface area contributed by atoms with Gasteiger partial charge in [0.05, 0.1) is 42.6 Å². The van der Waals surface area contributed by atoms with Crippen LogP contribution in [-0.2, 0) is 14.3 Å². The molecular weight excluding hydrogens is 572 g/mol. The largest absolute Gasteiger partial charge is 0.493 e. The molecule has 218 valence electrons. The van der Waals surface area contributed by atoms with Crippen LogP contribution in [0.25, 0.3) is 11.3 Å². The van der Waals surface area contributed by atoms with Crippen molar-refractivity contribution >= 4 is 41.7 Å². The Morgan fingerprint density at radius 2 is 1.90 bits per heavy atom. The van der Waals surface area contributed by atoms with Crippen molar-refractivity contribution in [1.29, 1.82) is 0 Å². The highest BCUT2D eigenvalue weighted by Crippen LogP contribution is 2.34. The fraction of sp³-hybridized carbons (Fsp3) is 0.179. The highest BCUT2D eigenvalue weighted by molar-refractivity contribution is 6.33. The lowest BCUT2D eigenvalue weighted by Crippen LogP contribution is -2.45. The third kappa shape index (κ3) is 6.70. The van der Waals surface area contributed by atoms with Gasteiger partial charge in [-0.1, -0.05) is 17.7 Å². The van der Waals surface area contributed by atoms with Crippen molar-refractivity contribution in [2.75, 3.05) is 20.8 Å². The minimum Gasteiger partial charge on any atom is -0.493 e. The van der Waals surface area contributed by atoms with Crippen LogP contribution in [0.3, 0.4) is 0 Å². The Hall–Kier alpha value is -5.30. The number of nitrogens with zero attached hydrogens (tertiary/aromatic N) is 1. The van der Waals surface area contributed by atoms with E-state index in [1.165, 1.54) is 32.6 Å². The molecule has 0 radical (unpaired) electrons. The molecule has 2 aromatic carbocycles. The molecule has 4 N–H and O–H groups in total. The second kappa shape index (κ2) is 12.9. The minimum absolute atomic E-state index is 0.0600. The number of hydrazone groups is 1. The SMILES string of the molecule is COC(=O)C1=C(C)NC(=O)N[C@H]1c1ccc(OCC(=O)N/N=C\c2ccc(-c3ccc(Cl)c(C(=O)O)c3)o2)c(OC)c1. The predicted molar refractivity (Wildman–Crippen MR) is 149 cm³/mol. The number of urea groups is 1. The molecule has 3 aromatic rings. The summed E-state index contributed by atoms with van der Waals surface area (Å²) in [5, 5.41) is 18.4. The summed E-state index contributed by atoms with van der Waals surface area (Å²) < 4.78 is 21.5. The van der Waals surface area contributed by atoms with Crippen LogP contribution in [0.1, 0.15) is 34.6 Å². The molecule has 0 fully saturated rings. The van der Waals surface area contributed by atoms with Crippen molar-refractivity contribution in [2.45, 2.75) is 13.0 Å². The van der Waals surface area contributed by atoms with E-state index in [4.69, 9.17) is 30.2 Å². The lowest BCUT2D eigenvalue weighted by atomic mass is 9.95. The van der Waals surface area contributed by atoms with Gasteiger partial charge in [-0.25, -0.2) is 19.8 Å². The minimum atomic E-state index is -1.16. The zero-order valence-corrected chi connectivity index (χ0v) is 23.3. The number of hydrogen-bond donors (Lipinski definition) is 4. The van der Waals surface area contributed by atoms with Gasteiger partial charge in [0.25, 0.3) is 5.91 Å². The van der Waals surface area contributed by atoms with E-state index in [-0.39, 0.29) is 27.7 Å². The van der Waals surface area contributed by atoms with E-state index in [1.54, 1.807) is 43.3 Å². The molecule has 1 aliphatic heterocycles. The highest BCUT2D eigenvalue weighted by atomic mass is 35.5. The summed E-state index contributed by atoms with van der Waals surface area (Å²) >= 11 is 5.91. The van der Waals surface area contributed by atoms with E-state index in [9.17, 15) is 24.3 Å². The number of carbonyl (C=O) groups excluding carboxylic acids is 3. The molecular formula is C28H25ClN4O9. The number of carboxylic acid groups (broad SMARTS) is 1. The summed E-state index contributed by atoms with van der Waals surface area (Å²) in [6, 6.07) is 11.1. The van der Waals surface area contributed by atoms with E-state index < -0.39 is 36.5 Å². The Kier molecular flexibility index (Phi) is 9.12. The molecule has 2 heterocycles. The number of furan rings is 1. The molecule has 3 amide bonds. The van der Waals surface area contributed by atoms with Crippen LogP contribution in [-0.4, -0.2) is 56.0 Å². The molecule has 0 unspecified atom stereocenters. The Morgan fingerprint density at radius 3 is 2.62 bits per heavy atom. The van der Waals surface area contributed by atoms with Gasteiger partial charge in [0.1, 0.15) is 11.5 Å². The molecule has 0 saturated carbocycles. The van der Waals surface area contributed by atoms with Crippen LogP contribution in [0.15, 0.2) is 69.3 Å². The van der Waals surface area contributed by atoms with Gasteiger partial charge < -0.3 is 34.4 Å². The topological polar surface area (TPSA) is 178 Å². The third-order valence-electron chi connectivity index (χ3n) is 6.04. The van der Waals surface area contributed by atoms with E-state index in [1.807, 2.05) is 0 Å². The summed E-state index contributed by atoms with van der Waals surface area (Å²) in [6.07, 6.45) is 1.27. The summed E-state index contributed by atoms with van der Waals surface area (Å²) in [5.41, 5.74) is 3.87. The Morgan fingerprint density at radius 1 is 1.12 bits per heavy atom. The smallest absolute Gasteiger partial charge is 0.337 e. The predicted octanol–water partition coefficient (Wildman–Crippen LogP) is 3.64. The number of amides is 3. The van der Waals surface area contributed by atoms with Crippen molar-refractivity contribution in [3.8, 4) is 22.8 Å². The number of benzene rings is 2. The van der Waals surface area contributed by atoms with Crippen LogP contribution in [0, 0.1) is 0 Å². The Labute approximate surface area is 244 Å². The molecule has 0 spiro atoms. The van der Waals surface area contributed by atoms with Crippen molar-refractivity contribution in [3.63, 3.8) is 0 Å². The Balaban J connectivity index is 1.38. The number of carbonyl (C=O) groups is 4. The lowest BCUT2D eigenvalue weighted by Gasteiger charge is -2.28. The van der Waals surface area contributed by atoms with E-state index in [2.05, 4.69) is 21.2 Å². The number of carboxylic acids is 1.